The summed E-state index contributed by atoms with van der Waals surface area (Å²) < 4.78 is 13.1. The quantitative estimate of drug-likeness (QED) is 0.397. The van der Waals surface area contributed by atoms with Crippen LogP contribution in [-0.4, -0.2) is 29.8 Å². The van der Waals surface area contributed by atoms with E-state index in [1.54, 1.807) is 36.4 Å². The maximum atomic E-state index is 13.1. The maximum absolute atomic E-state index is 13.1. The number of hydrogen-bond acceptors (Lipinski definition) is 5. The lowest BCUT2D eigenvalue weighted by molar-refractivity contribution is -0.384. The smallest absolute Gasteiger partial charge is 0.293 e. The van der Waals surface area contributed by atoms with Gasteiger partial charge in [0.05, 0.1) is 4.92 Å². The van der Waals surface area contributed by atoms with Crippen molar-refractivity contribution < 1.29 is 18.9 Å². The summed E-state index contributed by atoms with van der Waals surface area (Å²) >= 11 is 0. The van der Waals surface area contributed by atoms with E-state index in [-0.39, 0.29) is 23.7 Å². The van der Waals surface area contributed by atoms with Gasteiger partial charge < -0.3 is 15.5 Å². The molecule has 1 fully saturated rings. The van der Waals surface area contributed by atoms with Gasteiger partial charge in [-0.1, -0.05) is 12.1 Å². The summed E-state index contributed by atoms with van der Waals surface area (Å²) in [7, 11) is 0. The fourth-order valence-electron chi connectivity index (χ4n) is 3.88. The van der Waals surface area contributed by atoms with Crippen LogP contribution in [0.1, 0.15) is 39.1 Å². The van der Waals surface area contributed by atoms with Crippen LogP contribution in [0.2, 0.25) is 0 Å². The van der Waals surface area contributed by atoms with E-state index < -0.39 is 16.6 Å². The number of benzene rings is 3. The van der Waals surface area contributed by atoms with Crippen molar-refractivity contribution in [1.82, 2.24) is 5.32 Å². The van der Waals surface area contributed by atoms with Crippen molar-refractivity contribution in [2.45, 2.75) is 19.4 Å². The average molecular weight is 462 g/mol. The first-order valence-electron chi connectivity index (χ1n) is 10.9. The minimum Gasteiger partial charge on any atom is -0.366 e. The summed E-state index contributed by atoms with van der Waals surface area (Å²) in [5.41, 5.74) is 2.22. The summed E-state index contributed by atoms with van der Waals surface area (Å²) in [6.07, 6.45) is 1.98. The van der Waals surface area contributed by atoms with E-state index in [2.05, 4.69) is 10.6 Å². The monoisotopic (exact) mass is 462 g/mol. The molecule has 0 spiro atoms. The van der Waals surface area contributed by atoms with Gasteiger partial charge in [0.2, 0.25) is 0 Å². The zero-order valence-corrected chi connectivity index (χ0v) is 18.3. The Labute approximate surface area is 195 Å². The van der Waals surface area contributed by atoms with Crippen molar-refractivity contribution >= 4 is 28.9 Å². The maximum Gasteiger partial charge on any atom is 0.293 e. The molecule has 34 heavy (non-hydrogen) atoms. The van der Waals surface area contributed by atoms with Crippen molar-refractivity contribution in [3.8, 4) is 0 Å². The molecule has 1 saturated heterocycles. The topological polar surface area (TPSA) is 105 Å². The highest BCUT2D eigenvalue weighted by molar-refractivity contribution is 6.04. The number of carbonyl (C=O) groups excluding carboxylic acids is 2. The Hall–Kier alpha value is -4.27. The molecule has 1 aliphatic rings. The molecule has 2 amide bonds. The Kier molecular flexibility index (Phi) is 6.82. The molecule has 9 heteroatoms. The van der Waals surface area contributed by atoms with E-state index in [4.69, 9.17) is 0 Å². The SMILES string of the molecule is O=C(NCc1cccc(NC(=O)c2ccc(F)cc2)c1)c1ccc(N2CCCC2)c([N+](=O)[O-])c1. The molecule has 0 radical (unpaired) electrons. The molecule has 0 saturated carbocycles. The Morgan fingerprint density at radius 2 is 1.65 bits per heavy atom. The molecule has 174 valence electrons. The number of amides is 2. The average Bonchev–Trinajstić information content (AvgIpc) is 3.37. The van der Waals surface area contributed by atoms with E-state index in [0.29, 0.717) is 16.9 Å². The predicted molar refractivity (Wildman–Crippen MR) is 127 cm³/mol. The summed E-state index contributed by atoms with van der Waals surface area (Å²) in [6, 6.07) is 16.7. The van der Waals surface area contributed by atoms with Crippen molar-refractivity contribution in [2.75, 3.05) is 23.3 Å². The Morgan fingerprint density at radius 1 is 0.941 bits per heavy atom. The van der Waals surface area contributed by atoms with Gasteiger partial charge in [0.25, 0.3) is 17.5 Å². The second kappa shape index (κ2) is 10.1. The minimum atomic E-state index is -0.461. The van der Waals surface area contributed by atoms with E-state index in [9.17, 15) is 24.1 Å². The van der Waals surface area contributed by atoms with Crippen molar-refractivity contribution in [1.29, 1.82) is 0 Å². The molecule has 1 heterocycles. The highest BCUT2D eigenvalue weighted by Gasteiger charge is 2.23. The van der Waals surface area contributed by atoms with Gasteiger partial charge in [-0.05, 0) is 66.9 Å². The first-order chi connectivity index (χ1) is 16.4. The number of carbonyl (C=O) groups is 2. The fourth-order valence-corrected chi connectivity index (χ4v) is 3.88. The van der Waals surface area contributed by atoms with Crippen molar-refractivity contribution in [3.63, 3.8) is 0 Å². The number of nitro groups is 1. The Morgan fingerprint density at radius 3 is 2.35 bits per heavy atom. The fraction of sp³-hybridized carbons (Fsp3) is 0.200. The molecule has 0 bridgehead atoms. The first kappa shape index (κ1) is 22.9. The van der Waals surface area contributed by atoms with Gasteiger partial charge in [-0.2, -0.15) is 0 Å². The largest absolute Gasteiger partial charge is 0.366 e. The molecule has 0 aliphatic carbocycles. The molecule has 0 aromatic heterocycles. The van der Waals surface area contributed by atoms with Crippen LogP contribution in [0.3, 0.4) is 0 Å². The second-order valence-corrected chi connectivity index (χ2v) is 8.00. The number of nitrogens with zero attached hydrogens (tertiary/aromatic N) is 2. The summed E-state index contributed by atoms with van der Waals surface area (Å²) in [4.78, 5) is 38.1. The van der Waals surface area contributed by atoms with E-state index in [1.807, 2.05) is 4.90 Å². The van der Waals surface area contributed by atoms with E-state index >= 15 is 0 Å². The van der Waals surface area contributed by atoms with Gasteiger partial charge in [0.1, 0.15) is 11.5 Å². The molecular weight excluding hydrogens is 439 g/mol. The van der Waals surface area contributed by atoms with Gasteiger partial charge in [0.15, 0.2) is 0 Å². The summed E-state index contributed by atoms with van der Waals surface area (Å²) in [5, 5.41) is 17.1. The Balaban J connectivity index is 1.41. The van der Waals surface area contributed by atoms with E-state index in [0.717, 1.165) is 31.5 Å². The molecule has 0 atom stereocenters. The van der Waals surface area contributed by atoms with Crippen LogP contribution >= 0.6 is 0 Å². The molecular formula is C25H23FN4O4. The lowest BCUT2D eigenvalue weighted by Crippen LogP contribution is -2.24. The first-order valence-corrected chi connectivity index (χ1v) is 10.9. The van der Waals surface area contributed by atoms with Crippen LogP contribution in [0.25, 0.3) is 0 Å². The lowest BCUT2D eigenvalue weighted by atomic mass is 10.1. The molecule has 8 nitrogen and oxygen atoms in total. The second-order valence-electron chi connectivity index (χ2n) is 8.00. The zero-order valence-electron chi connectivity index (χ0n) is 18.3. The molecule has 0 unspecified atom stereocenters. The van der Waals surface area contributed by atoms with Crippen LogP contribution < -0.4 is 15.5 Å². The minimum absolute atomic E-state index is 0.0833. The molecule has 3 aromatic carbocycles. The normalized spacial score (nSPS) is 12.9. The van der Waals surface area contributed by atoms with Gasteiger partial charge in [-0.15, -0.1) is 0 Å². The van der Waals surface area contributed by atoms with Crippen LogP contribution in [0, 0.1) is 15.9 Å². The number of anilines is 2. The lowest BCUT2D eigenvalue weighted by Gasteiger charge is -2.17. The van der Waals surface area contributed by atoms with Crippen LogP contribution in [0.15, 0.2) is 66.7 Å². The van der Waals surface area contributed by atoms with Gasteiger partial charge >= 0.3 is 0 Å². The van der Waals surface area contributed by atoms with Crippen molar-refractivity contribution in [2.24, 2.45) is 0 Å². The van der Waals surface area contributed by atoms with Gasteiger partial charge in [-0.3, -0.25) is 19.7 Å². The number of hydrogen-bond donors (Lipinski definition) is 2. The Bertz CT molecular complexity index is 1220. The molecule has 2 N–H and O–H groups in total. The molecule has 3 aromatic rings. The highest BCUT2D eigenvalue weighted by atomic mass is 19.1. The molecule has 1 aliphatic heterocycles. The zero-order chi connectivity index (χ0) is 24.1. The van der Waals surface area contributed by atoms with E-state index in [1.165, 1.54) is 30.3 Å². The van der Waals surface area contributed by atoms with Crippen LogP contribution in [-0.2, 0) is 6.54 Å². The predicted octanol–water partition coefficient (Wildman–Crippen LogP) is 4.52. The van der Waals surface area contributed by atoms with Crippen LogP contribution in [0.4, 0.5) is 21.5 Å². The van der Waals surface area contributed by atoms with Crippen LogP contribution in [0.5, 0.6) is 0 Å². The third-order valence-corrected chi connectivity index (χ3v) is 5.63. The summed E-state index contributed by atoms with van der Waals surface area (Å²) in [5.74, 6) is -1.24. The standard InChI is InChI=1S/C25H23FN4O4/c26-20-9-6-18(7-10-20)25(32)28-21-5-3-4-17(14-21)16-27-24(31)19-8-11-22(23(15-19)30(33)34)29-12-1-2-13-29/h3-11,14-15H,1-2,12-13,16H2,(H,27,31)(H,28,32). The number of nitro benzene ring substituents is 1. The third-order valence-electron chi connectivity index (χ3n) is 5.63. The highest BCUT2D eigenvalue weighted by Crippen LogP contribution is 2.31. The third kappa shape index (κ3) is 5.37. The van der Waals surface area contributed by atoms with Gasteiger partial charge in [-0.25, -0.2) is 4.39 Å². The van der Waals surface area contributed by atoms with Gasteiger partial charge in [0, 0.05) is 42.5 Å². The summed E-state index contributed by atoms with van der Waals surface area (Å²) in [6.45, 7) is 1.70. The number of halogens is 1. The number of rotatable bonds is 7. The number of nitrogens with one attached hydrogen (secondary N) is 2. The molecule has 4 rings (SSSR count). The van der Waals surface area contributed by atoms with Crippen molar-refractivity contribution in [3.05, 3.63) is 99.4 Å².